The predicted octanol–water partition coefficient (Wildman–Crippen LogP) is 2.54. The van der Waals surface area contributed by atoms with Gasteiger partial charge in [0.2, 0.25) is 11.8 Å². The molecule has 0 saturated carbocycles. The minimum Gasteiger partial charge on any atom is -0.495 e. The lowest BCUT2D eigenvalue weighted by atomic mass is 10.1. The van der Waals surface area contributed by atoms with Crippen LogP contribution in [0.1, 0.15) is 6.92 Å². The maximum absolute atomic E-state index is 11.3. The first-order valence-electron chi connectivity index (χ1n) is 5.39. The summed E-state index contributed by atoms with van der Waals surface area (Å²) in [5.74, 6) is 0.328. The van der Waals surface area contributed by atoms with E-state index in [1.807, 2.05) is 0 Å². The second kappa shape index (κ2) is 5.19. The Balaban J connectivity index is 2.70. The van der Waals surface area contributed by atoms with Crippen LogP contribution < -0.4 is 15.8 Å². The van der Waals surface area contributed by atoms with Crippen molar-refractivity contribution in [2.24, 2.45) is 0 Å². The zero-order chi connectivity index (χ0) is 14.0. The van der Waals surface area contributed by atoms with Gasteiger partial charge in [-0.3, -0.25) is 4.79 Å². The molecule has 0 aliphatic carbocycles. The van der Waals surface area contributed by atoms with Crippen LogP contribution in [-0.2, 0) is 4.79 Å². The van der Waals surface area contributed by atoms with E-state index in [1.165, 1.54) is 20.2 Å². The fourth-order valence-corrected chi connectivity index (χ4v) is 1.99. The minimum atomic E-state index is -0.253. The Hall–Kier alpha value is -2.21. The first kappa shape index (κ1) is 13.2. The second-order valence-electron chi connectivity index (χ2n) is 3.78. The molecule has 0 atom stereocenters. The van der Waals surface area contributed by atoms with E-state index in [-0.39, 0.29) is 11.8 Å². The Morgan fingerprint density at radius 2 is 2.26 bits per heavy atom. The van der Waals surface area contributed by atoms with Gasteiger partial charge in [0.1, 0.15) is 5.75 Å². The van der Waals surface area contributed by atoms with Gasteiger partial charge in [0, 0.05) is 12.5 Å². The maximum Gasteiger partial charge on any atom is 0.230 e. The molecule has 19 heavy (non-hydrogen) atoms. The standard InChI is InChI=1S/C12H12ClN3O3/c1-6(17)16-11-9(18-2)4-3-8(13)10(11)7-5-15-19-12(7)14/h3-5H,14H2,1-2H3,(H,16,17). The topological polar surface area (TPSA) is 90.4 Å². The Morgan fingerprint density at radius 3 is 2.79 bits per heavy atom. The van der Waals surface area contributed by atoms with E-state index in [2.05, 4.69) is 10.5 Å². The SMILES string of the molecule is COc1ccc(Cl)c(-c2cnoc2N)c1NC(C)=O. The van der Waals surface area contributed by atoms with E-state index in [1.54, 1.807) is 12.1 Å². The third-order valence-electron chi connectivity index (χ3n) is 2.50. The number of rotatable bonds is 3. The molecule has 6 nitrogen and oxygen atoms in total. The van der Waals surface area contributed by atoms with Gasteiger partial charge in [-0.05, 0) is 12.1 Å². The number of hydrogen-bond acceptors (Lipinski definition) is 5. The highest BCUT2D eigenvalue weighted by molar-refractivity contribution is 6.34. The van der Waals surface area contributed by atoms with Crippen molar-refractivity contribution < 1.29 is 14.1 Å². The maximum atomic E-state index is 11.3. The van der Waals surface area contributed by atoms with Crippen molar-refractivity contribution in [2.45, 2.75) is 6.92 Å². The van der Waals surface area contributed by atoms with E-state index in [4.69, 9.17) is 26.6 Å². The zero-order valence-corrected chi connectivity index (χ0v) is 11.1. The number of carbonyl (C=O) groups is 1. The number of carbonyl (C=O) groups excluding carboxylic acids is 1. The molecule has 100 valence electrons. The van der Waals surface area contributed by atoms with Gasteiger partial charge in [-0.2, -0.15) is 0 Å². The van der Waals surface area contributed by atoms with Crippen molar-refractivity contribution in [1.29, 1.82) is 0 Å². The number of nitrogen functional groups attached to an aromatic ring is 1. The number of nitrogens with zero attached hydrogens (tertiary/aromatic N) is 1. The number of amides is 1. The Labute approximate surface area is 114 Å². The summed E-state index contributed by atoms with van der Waals surface area (Å²) in [5.41, 5.74) is 7.12. The molecular formula is C12H12ClN3O3. The molecule has 0 bridgehead atoms. The van der Waals surface area contributed by atoms with Crippen molar-refractivity contribution in [2.75, 3.05) is 18.2 Å². The van der Waals surface area contributed by atoms with Crippen LogP contribution >= 0.6 is 11.6 Å². The summed E-state index contributed by atoms with van der Waals surface area (Å²) in [6.45, 7) is 1.39. The molecule has 3 N–H and O–H groups in total. The lowest BCUT2D eigenvalue weighted by Crippen LogP contribution is -2.09. The Kier molecular flexibility index (Phi) is 3.62. The number of hydrogen-bond donors (Lipinski definition) is 2. The normalized spacial score (nSPS) is 10.3. The molecule has 1 aromatic carbocycles. The summed E-state index contributed by atoms with van der Waals surface area (Å²) in [5, 5.41) is 6.68. The van der Waals surface area contributed by atoms with E-state index < -0.39 is 0 Å². The highest BCUT2D eigenvalue weighted by atomic mass is 35.5. The number of benzene rings is 1. The molecule has 0 unspecified atom stereocenters. The van der Waals surface area contributed by atoms with Gasteiger partial charge in [-0.15, -0.1) is 0 Å². The van der Waals surface area contributed by atoms with E-state index in [9.17, 15) is 4.79 Å². The Bertz CT molecular complexity index is 625. The molecular weight excluding hydrogens is 270 g/mol. The van der Waals surface area contributed by atoms with Gasteiger partial charge in [0.05, 0.1) is 29.6 Å². The van der Waals surface area contributed by atoms with Gasteiger partial charge in [-0.1, -0.05) is 16.8 Å². The van der Waals surface area contributed by atoms with Gasteiger partial charge < -0.3 is 20.3 Å². The van der Waals surface area contributed by atoms with Gasteiger partial charge in [0.25, 0.3) is 0 Å². The quantitative estimate of drug-likeness (QED) is 0.902. The second-order valence-corrected chi connectivity index (χ2v) is 4.19. The van der Waals surface area contributed by atoms with Crippen LogP contribution in [0.3, 0.4) is 0 Å². The fourth-order valence-electron chi connectivity index (χ4n) is 1.73. The number of aromatic nitrogens is 1. The van der Waals surface area contributed by atoms with Crippen molar-refractivity contribution in [1.82, 2.24) is 5.16 Å². The van der Waals surface area contributed by atoms with Crippen molar-refractivity contribution in [3.8, 4) is 16.9 Å². The number of nitrogens with two attached hydrogens (primary N) is 1. The number of methoxy groups -OCH3 is 1. The summed E-state index contributed by atoms with van der Waals surface area (Å²) in [7, 11) is 1.50. The first-order valence-corrected chi connectivity index (χ1v) is 5.77. The minimum absolute atomic E-state index is 0.113. The number of anilines is 2. The van der Waals surface area contributed by atoms with Crippen LogP contribution in [-0.4, -0.2) is 18.2 Å². The molecule has 0 fully saturated rings. The molecule has 1 amide bonds. The number of halogens is 1. The molecule has 2 rings (SSSR count). The molecule has 2 aromatic rings. The van der Waals surface area contributed by atoms with Crippen molar-refractivity contribution in [3.63, 3.8) is 0 Å². The van der Waals surface area contributed by atoms with Gasteiger partial charge >= 0.3 is 0 Å². The highest BCUT2D eigenvalue weighted by Crippen LogP contribution is 2.43. The third kappa shape index (κ3) is 2.48. The number of ether oxygens (including phenoxy) is 1. The lowest BCUT2D eigenvalue weighted by molar-refractivity contribution is -0.114. The fraction of sp³-hybridized carbons (Fsp3) is 0.167. The molecule has 0 spiro atoms. The highest BCUT2D eigenvalue weighted by Gasteiger charge is 2.20. The van der Waals surface area contributed by atoms with Crippen LogP contribution in [0.15, 0.2) is 22.9 Å². The van der Waals surface area contributed by atoms with Crippen molar-refractivity contribution in [3.05, 3.63) is 23.4 Å². The van der Waals surface area contributed by atoms with Crippen LogP contribution in [0.5, 0.6) is 5.75 Å². The van der Waals surface area contributed by atoms with Crippen LogP contribution in [0.2, 0.25) is 5.02 Å². The van der Waals surface area contributed by atoms with E-state index >= 15 is 0 Å². The summed E-state index contributed by atoms with van der Waals surface area (Å²) in [4.78, 5) is 11.3. The van der Waals surface area contributed by atoms with E-state index in [0.717, 1.165) is 0 Å². The summed E-state index contributed by atoms with van der Waals surface area (Å²) in [6.07, 6.45) is 1.43. The summed E-state index contributed by atoms with van der Waals surface area (Å²) >= 11 is 6.17. The smallest absolute Gasteiger partial charge is 0.230 e. The predicted molar refractivity (Wildman–Crippen MR) is 72.2 cm³/mol. The molecule has 0 radical (unpaired) electrons. The molecule has 0 aliphatic heterocycles. The van der Waals surface area contributed by atoms with Gasteiger partial charge in [-0.25, -0.2) is 0 Å². The largest absolute Gasteiger partial charge is 0.495 e. The third-order valence-corrected chi connectivity index (χ3v) is 2.82. The molecule has 0 aliphatic rings. The lowest BCUT2D eigenvalue weighted by Gasteiger charge is -2.14. The molecule has 7 heteroatoms. The first-order chi connectivity index (χ1) is 9.04. The van der Waals surface area contributed by atoms with Crippen molar-refractivity contribution >= 4 is 29.1 Å². The average Bonchev–Trinajstić information content (AvgIpc) is 2.75. The zero-order valence-electron chi connectivity index (χ0n) is 10.4. The molecule has 0 saturated heterocycles. The van der Waals surface area contributed by atoms with Crippen LogP contribution in [0.4, 0.5) is 11.6 Å². The Morgan fingerprint density at radius 1 is 1.53 bits per heavy atom. The van der Waals surface area contributed by atoms with Crippen LogP contribution in [0.25, 0.3) is 11.1 Å². The monoisotopic (exact) mass is 281 g/mol. The van der Waals surface area contributed by atoms with Gasteiger partial charge in [0.15, 0.2) is 0 Å². The average molecular weight is 282 g/mol. The number of nitrogens with one attached hydrogen (secondary N) is 1. The molecule has 1 heterocycles. The van der Waals surface area contributed by atoms with Crippen LogP contribution in [0, 0.1) is 0 Å². The molecule has 1 aromatic heterocycles. The summed E-state index contributed by atoms with van der Waals surface area (Å²) < 4.78 is 10.0. The summed E-state index contributed by atoms with van der Waals surface area (Å²) in [6, 6.07) is 3.30. The van der Waals surface area contributed by atoms with E-state index in [0.29, 0.717) is 27.6 Å².